The van der Waals surface area contributed by atoms with Crippen molar-refractivity contribution >= 4 is 28.1 Å². The van der Waals surface area contributed by atoms with Crippen LogP contribution in [0.1, 0.15) is 54.6 Å². The molecule has 38 heavy (non-hydrogen) atoms. The van der Waals surface area contributed by atoms with Gasteiger partial charge in [0.1, 0.15) is 5.82 Å². The minimum atomic E-state index is -1.78. The number of fused-ring (bicyclic) bond motifs is 1. The van der Waals surface area contributed by atoms with Crippen molar-refractivity contribution in [3.05, 3.63) is 66.1 Å². The lowest BCUT2D eigenvalue weighted by Crippen LogP contribution is -2.37. The van der Waals surface area contributed by atoms with E-state index in [1.807, 2.05) is 42.5 Å². The van der Waals surface area contributed by atoms with E-state index in [-0.39, 0.29) is 24.1 Å². The van der Waals surface area contributed by atoms with Gasteiger partial charge in [0, 0.05) is 42.5 Å². The zero-order valence-electron chi connectivity index (χ0n) is 21.2. The summed E-state index contributed by atoms with van der Waals surface area (Å²) in [4.78, 5) is 22.2. The van der Waals surface area contributed by atoms with E-state index in [0.29, 0.717) is 42.6 Å². The van der Waals surface area contributed by atoms with Gasteiger partial charge in [0.05, 0.1) is 28.7 Å². The van der Waals surface area contributed by atoms with E-state index in [2.05, 4.69) is 18.6 Å². The van der Waals surface area contributed by atoms with Gasteiger partial charge in [-0.3, -0.25) is 9.78 Å². The number of carbonyl (C=O) groups is 1. The molecule has 1 saturated carbocycles. The van der Waals surface area contributed by atoms with E-state index in [0.717, 1.165) is 22.4 Å². The first-order valence-corrected chi connectivity index (χ1v) is 13.4. The third-order valence-corrected chi connectivity index (χ3v) is 7.74. The minimum Gasteiger partial charge on any atom is -0.441 e. The van der Waals surface area contributed by atoms with Crippen molar-refractivity contribution in [3.8, 4) is 22.4 Å². The molecule has 10 nitrogen and oxygen atoms in total. The average molecular weight is 534 g/mol. The van der Waals surface area contributed by atoms with Crippen molar-refractivity contribution < 1.29 is 18.3 Å². The van der Waals surface area contributed by atoms with Gasteiger partial charge in [-0.1, -0.05) is 47.3 Å². The number of aliphatic hydroxyl groups is 1. The fourth-order valence-electron chi connectivity index (χ4n) is 5.04. The van der Waals surface area contributed by atoms with Crippen molar-refractivity contribution in [1.82, 2.24) is 19.6 Å². The summed E-state index contributed by atoms with van der Waals surface area (Å²) >= 11 is 0. The van der Waals surface area contributed by atoms with Crippen LogP contribution in [0.3, 0.4) is 0 Å². The monoisotopic (exact) mass is 533 g/mol. The van der Waals surface area contributed by atoms with Gasteiger partial charge in [-0.05, 0) is 38.7 Å². The van der Waals surface area contributed by atoms with E-state index < -0.39 is 16.5 Å². The molecule has 1 aromatic carbocycles. The molecule has 5 rings (SSSR count). The highest BCUT2D eigenvalue weighted by Crippen LogP contribution is 2.40. The third-order valence-electron chi connectivity index (χ3n) is 7.12. The standard InChI is InChI=1S/C27H29N6O4S/c1-17(34)23-24(19-10-12-27(35,13-11-19)16-31-38(36)37-2)32-26-21(15-30-33(26)25(23)28)20-8-9-22(29-14-20)18-6-4-3-5-7-18/h3-9,14-15,19,35H,10-13,16,28H2,1-2H3/q-1. The highest BCUT2D eigenvalue weighted by atomic mass is 32.2. The number of aromatic nitrogens is 4. The average Bonchev–Trinajstić information content (AvgIpc) is 3.37. The number of Topliss-reactive ketones (excluding diaryl/α,β-unsaturated/α-hetero) is 1. The Labute approximate surface area is 222 Å². The maximum atomic E-state index is 12.7. The molecular weight excluding hydrogens is 504 g/mol. The number of carbonyl (C=O) groups excluding carboxylic acids is 1. The van der Waals surface area contributed by atoms with Gasteiger partial charge in [0.25, 0.3) is 0 Å². The van der Waals surface area contributed by atoms with Crippen LogP contribution in [0, 0.1) is 0 Å². The molecule has 198 valence electrons. The first-order chi connectivity index (χ1) is 18.3. The number of benzene rings is 1. The molecule has 4 aromatic rings. The van der Waals surface area contributed by atoms with Gasteiger partial charge in [-0.25, -0.2) is 4.98 Å². The van der Waals surface area contributed by atoms with Crippen LogP contribution < -0.4 is 5.73 Å². The summed E-state index contributed by atoms with van der Waals surface area (Å²) in [5.41, 5.74) is 10.4. The van der Waals surface area contributed by atoms with Crippen LogP contribution in [0.5, 0.6) is 0 Å². The van der Waals surface area contributed by atoms with Crippen LogP contribution in [-0.2, 0) is 19.3 Å². The summed E-state index contributed by atoms with van der Waals surface area (Å²) in [5, 5.41) is 15.4. The number of nitrogen functional groups attached to an aromatic ring is 1. The second-order valence-electron chi connectivity index (χ2n) is 9.57. The lowest BCUT2D eigenvalue weighted by Gasteiger charge is -2.36. The summed E-state index contributed by atoms with van der Waals surface area (Å²) in [5.74, 6) is -0.0381. The molecular formula is C27H29N6O4S-. The fourth-order valence-corrected chi connectivity index (χ4v) is 5.49. The summed E-state index contributed by atoms with van der Waals surface area (Å²) in [6.07, 6.45) is 5.45. The predicted molar refractivity (Wildman–Crippen MR) is 145 cm³/mol. The smallest absolute Gasteiger partial charge is 0.165 e. The molecule has 0 bridgehead atoms. The molecule has 0 spiro atoms. The highest BCUT2D eigenvalue weighted by molar-refractivity contribution is 7.69. The third kappa shape index (κ3) is 5.04. The Balaban J connectivity index is 1.49. The van der Waals surface area contributed by atoms with Crippen LogP contribution in [0.15, 0.2) is 59.2 Å². The number of anilines is 1. The number of hydrogen-bond donors (Lipinski definition) is 2. The zero-order chi connectivity index (χ0) is 26.9. The van der Waals surface area contributed by atoms with Crippen LogP contribution in [0.4, 0.5) is 5.82 Å². The van der Waals surface area contributed by atoms with Crippen LogP contribution >= 0.6 is 0 Å². The second kappa shape index (κ2) is 10.6. The maximum Gasteiger partial charge on any atom is 0.165 e. The molecule has 1 aliphatic rings. The molecule has 0 atom stereocenters. The Morgan fingerprint density at radius 3 is 2.55 bits per heavy atom. The van der Waals surface area contributed by atoms with Crippen molar-refractivity contribution in [2.45, 2.75) is 44.1 Å². The predicted octanol–water partition coefficient (Wildman–Crippen LogP) is 4.34. The number of rotatable bonds is 7. The summed E-state index contributed by atoms with van der Waals surface area (Å²) < 4.78 is 21.6. The molecule has 3 heterocycles. The van der Waals surface area contributed by atoms with E-state index >= 15 is 0 Å². The molecule has 0 saturated heterocycles. The maximum absolute atomic E-state index is 12.7. The van der Waals surface area contributed by atoms with E-state index in [1.54, 1.807) is 12.4 Å². The Bertz CT molecular complexity index is 1550. The van der Waals surface area contributed by atoms with Gasteiger partial charge in [-0.15, -0.1) is 0 Å². The Morgan fingerprint density at radius 1 is 1.18 bits per heavy atom. The first-order valence-electron chi connectivity index (χ1n) is 12.4. The van der Waals surface area contributed by atoms with Crippen molar-refractivity contribution in [1.29, 1.82) is 0 Å². The second-order valence-corrected chi connectivity index (χ2v) is 10.6. The molecule has 1 aliphatic carbocycles. The Kier molecular flexibility index (Phi) is 7.24. The number of pyridine rings is 1. The van der Waals surface area contributed by atoms with E-state index in [1.165, 1.54) is 18.5 Å². The normalized spacial score (nSPS) is 20.6. The van der Waals surface area contributed by atoms with Crippen LogP contribution in [0.2, 0.25) is 0 Å². The van der Waals surface area contributed by atoms with Crippen molar-refractivity contribution in [2.24, 2.45) is 4.36 Å². The zero-order valence-corrected chi connectivity index (χ0v) is 22.0. The molecule has 3 aromatic heterocycles. The molecule has 0 aliphatic heterocycles. The van der Waals surface area contributed by atoms with Gasteiger partial charge in [0.2, 0.25) is 0 Å². The lowest BCUT2D eigenvalue weighted by atomic mass is 9.76. The van der Waals surface area contributed by atoms with Crippen molar-refractivity contribution in [2.75, 3.05) is 19.4 Å². The van der Waals surface area contributed by atoms with Gasteiger partial charge in [-0.2, -0.15) is 9.61 Å². The van der Waals surface area contributed by atoms with Gasteiger partial charge < -0.3 is 23.6 Å². The first kappa shape index (κ1) is 26.0. The fraction of sp³-hybridized carbons (Fsp3) is 0.333. The molecule has 11 heteroatoms. The van der Waals surface area contributed by atoms with Gasteiger partial charge in [0.15, 0.2) is 11.4 Å². The topological polar surface area (TPSA) is 145 Å². The Morgan fingerprint density at radius 2 is 1.92 bits per heavy atom. The highest BCUT2D eigenvalue weighted by Gasteiger charge is 2.36. The molecule has 0 unspecified atom stereocenters. The van der Waals surface area contributed by atoms with Gasteiger partial charge >= 0.3 is 0 Å². The molecule has 0 amide bonds. The van der Waals surface area contributed by atoms with Crippen LogP contribution in [-0.4, -0.2) is 49.7 Å². The SMILES string of the molecule is CO[S-](=O)=NCC1(O)CCC(c2nc3c(-c4ccc(-c5ccccc5)nc4)cnn3c(N)c2C(C)=O)CC1. The number of hydrogen-bond acceptors (Lipinski definition) is 10. The lowest BCUT2D eigenvalue weighted by molar-refractivity contribution is 0.00800. The molecule has 3 N–H and O–H groups in total. The van der Waals surface area contributed by atoms with Crippen LogP contribution in [0.25, 0.3) is 28.0 Å². The molecule has 1 fully saturated rings. The Hall–Kier alpha value is -3.67. The van der Waals surface area contributed by atoms with E-state index in [9.17, 15) is 14.1 Å². The number of nitrogens with two attached hydrogens (primary N) is 1. The summed E-state index contributed by atoms with van der Waals surface area (Å²) in [6.45, 7) is 1.49. The largest absolute Gasteiger partial charge is 0.441 e. The molecule has 0 radical (unpaired) electrons. The summed E-state index contributed by atoms with van der Waals surface area (Å²) in [6, 6.07) is 13.8. The number of ketones is 1. The van der Waals surface area contributed by atoms with E-state index in [4.69, 9.17) is 10.7 Å². The van der Waals surface area contributed by atoms with Crippen molar-refractivity contribution in [3.63, 3.8) is 0 Å². The quantitative estimate of drug-likeness (QED) is 0.264. The number of nitrogens with zero attached hydrogens (tertiary/aromatic N) is 5. The minimum absolute atomic E-state index is 0.0209. The summed E-state index contributed by atoms with van der Waals surface area (Å²) in [7, 11) is -0.480.